The minimum absolute atomic E-state index is 0.0694. The average molecular weight is 329 g/mol. The van der Waals surface area contributed by atoms with Gasteiger partial charge in [0.05, 0.1) is 11.1 Å². The summed E-state index contributed by atoms with van der Waals surface area (Å²) in [5.74, 6) is 0.0694. The summed E-state index contributed by atoms with van der Waals surface area (Å²) in [5, 5.41) is 0.985. The highest BCUT2D eigenvalue weighted by molar-refractivity contribution is 6.37. The van der Waals surface area contributed by atoms with Gasteiger partial charge in [-0.1, -0.05) is 23.2 Å². The van der Waals surface area contributed by atoms with E-state index in [2.05, 4.69) is 23.9 Å². The van der Waals surface area contributed by atoms with E-state index >= 15 is 0 Å². The lowest BCUT2D eigenvalue weighted by Gasteiger charge is -2.37. The lowest BCUT2D eigenvalue weighted by Crippen LogP contribution is -2.48. The van der Waals surface area contributed by atoms with Crippen LogP contribution in [0, 0.1) is 0 Å². The second kappa shape index (κ2) is 7.10. The fraction of sp³-hybridized carbons (Fsp3) is 0.562. The van der Waals surface area contributed by atoms with Gasteiger partial charge in [-0.05, 0) is 52.1 Å². The predicted molar refractivity (Wildman–Crippen MR) is 88.5 cm³/mol. The molecule has 116 valence electrons. The molecule has 1 aromatic rings. The molecule has 1 unspecified atom stereocenters. The van der Waals surface area contributed by atoms with E-state index in [-0.39, 0.29) is 11.8 Å². The van der Waals surface area contributed by atoms with Gasteiger partial charge >= 0.3 is 0 Å². The van der Waals surface area contributed by atoms with E-state index < -0.39 is 0 Å². The van der Waals surface area contributed by atoms with Crippen molar-refractivity contribution in [3.8, 4) is 0 Å². The number of hydrogen-bond donors (Lipinski definition) is 0. The summed E-state index contributed by atoms with van der Waals surface area (Å²) in [5.41, 5.74) is 0.559. The van der Waals surface area contributed by atoms with E-state index in [9.17, 15) is 4.79 Å². The van der Waals surface area contributed by atoms with Gasteiger partial charge in [0.25, 0.3) is 0 Å². The standard InChI is InChI=1S/C16H22Cl2N2O/c1-11(20-8-6-13(7-9-20)19(2)3)16(21)14-5-4-12(17)10-15(14)18/h4-5,10-11,13H,6-9H2,1-3H3. The average Bonchev–Trinajstić information content (AvgIpc) is 2.46. The summed E-state index contributed by atoms with van der Waals surface area (Å²) in [6.45, 7) is 3.85. The Morgan fingerprint density at radius 1 is 1.29 bits per heavy atom. The number of piperidine rings is 1. The van der Waals surface area contributed by atoms with Crippen LogP contribution >= 0.6 is 23.2 Å². The number of nitrogens with zero attached hydrogens (tertiary/aromatic N) is 2. The van der Waals surface area contributed by atoms with Crippen LogP contribution in [0.25, 0.3) is 0 Å². The Labute approximate surface area is 136 Å². The van der Waals surface area contributed by atoms with E-state index in [0.717, 1.165) is 25.9 Å². The van der Waals surface area contributed by atoms with Gasteiger partial charge in [0.15, 0.2) is 5.78 Å². The molecule has 0 spiro atoms. The van der Waals surface area contributed by atoms with Gasteiger partial charge in [0.1, 0.15) is 0 Å². The Kier molecular flexibility index (Phi) is 5.67. The molecular weight excluding hydrogens is 307 g/mol. The lowest BCUT2D eigenvalue weighted by molar-refractivity contribution is 0.0736. The molecule has 1 atom stereocenters. The molecule has 0 saturated carbocycles. The van der Waals surface area contributed by atoms with Crippen molar-refractivity contribution < 1.29 is 4.79 Å². The van der Waals surface area contributed by atoms with E-state index in [4.69, 9.17) is 23.2 Å². The molecule has 1 saturated heterocycles. The summed E-state index contributed by atoms with van der Waals surface area (Å²) in [7, 11) is 4.23. The SMILES string of the molecule is CC(C(=O)c1ccc(Cl)cc1Cl)N1CCC(N(C)C)CC1. The first-order valence-electron chi connectivity index (χ1n) is 7.30. The lowest BCUT2D eigenvalue weighted by atomic mass is 9.99. The van der Waals surface area contributed by atoms with Crippen LogP contribution in [0.15, 0.2) is 18.2 Å². The number of rotatable bonds is 4. The van der Waals surface area contributed by atoms with Gasteiger partial charge in [0, 0.05) is 29.7 Å². The summed E-state index contributed by atoms with van der Waals surface area (Å²) in [6, 6.07) is 5.53. The third kappa shape index (κ3) is 3.98. The van der Waals surface area contributed by atoms with Crippen molar-refractivity contribution in [3.05, 3.63) is 33.8 Å². The van der Waals surface area contributed by atoms with E-state index in [1.54, 1.807) is 18.2 Å². The first-order valence-corrected chi connectivity index (χ1v) is 8.05. The van der Waals surface area contributed by atoms with Gasteiger partial charge < -0.3 is 4.90 Å². The topological polar surface area (TPSA) is 23.6 Å². The molecule has 0 aliphatic carbocycles. The molecule has 0 amide bonds. The van der Waals surface area contributed by atoms with Crippen molar-refractivity contribution in [2.75, 3.05) is 27.2 Å². The number of carbonyl (C=O) groups excluding carboxylic acids is 1. The molecule has 5 heteroatoms. The van der Waals surface area contributed by atoms with Crippen molar-refractivity contribution in [2.24, 2.45) is 0 Å². The maximum Gasteiger partial charge on any atom is 0.181 e. The van der Waals surface area contributed by atoms with Crippen LogP contribution in [0.5, 0.6) is 0 Å². The Morgan fingerprint density at radius 2 is 1.90 bits per heavy atom. The summed E-state index contributed by atoms with van der Waals surface area (Å²) in [6.07, 6.45) is 2.19. The van der Waals surface area contributed by atoms with Crippen LogP contribution in [-0.2, 0) is 0 Å². The van der Waals surface area contributed by atoms with Gasteiger partial charge in [-0.15, -0.1) is 0 Å². The number of hydrogen-bond acceptors (Lipinski definition) is 3. The maximum atomic E-state index is 12.6. The Morgan fingerprint density at radius 3 is 2.43 bits per heavy atom. The highest BCUT2D eigenvalue weighted by Crippen LogP contribution is 2.24. The zero-order chi connectivity index (χ0) is 15.6. The molecule has 1 aliphatic rings. The van der Waals surface area contributed by atoms with Crippen LogP contribution in [0.1, 0.15) is 30.1 Å². The quantitative estimate of drug-likeness (QED) is 0.789. The molecule has 1 fully saturated rings. The second-order valence-electron chi connectivity index (χ2n) is 5.90. The van der Waals surface area contributed by atoms with E-state index in [0.29, 0.717) is 21.7 Å². The van der Waals surface area contributed by atoms with Crippen LogP contribution in [0.3, 0.4) is 0 Å². The van der Waals surface area contributed by atoms with Crippen molar-refractivity contribution in [2.45, 2.75) is 31.8 Å². The zero-order valence-corrected chi connectivity index (χ0v) is 14.3. The van der Waals surface area contributed by atoms with Crippen LogP contribution < -0.4 is 0 Å². The van der Waals surface area contributed by atoms with Gasteiger partial charge in [-0.3, -0.25) is 9.69 Å². The highest BCUT2D eigenvalue weighted by atomic mass is 35.5. The smallest absolute Gasteiger partial charge is 0.181 e. The van der Waals surface area contributed by atoms with Crippen LogP contribution in [-0.4, -0.2) is 54.9 Å². The molecule has 1 aliphatic heterocycles. The fourth-order valence-corrected chi connectivity index (χ4v) is 3.37. The number of likely N-dealkylation sites (tertiary alicyclic amines) is 1. The molecule has 3 nitrogen and oxygen atoms in total. The normalized spacial score (nSPS) is 19.0. The third-order valence-corrected chi connectivity index (χ3v) is 4.90. The molecule has 2 rings (SSSR count). The predicted octanol–water partition coefficient (Wildman–Crippen LogP) is 3.59. The number of Topliss-reactive ketones (excluding diaryl/α,β-unsaturated/α-hetero) is 1. The molecule has 0 radical (unpaired) electrons. The van der Waals surface area contributed by atoms with Crippen molar-refractivity contribution in [1.82, 2.24) is 9.80 Å². The Balaban J connectivity index is 2.03. The highest BCUT2D eigenvalue weighted by Gasteiger charge is 2.28. The monoisotopic (exact) mass is 328 g/mol. The van der Waals surface area contributed by atoms with Crippen LogP contribution in [0.4, 0.5) is 0 Å². The fourth-order valence-electron chi connectivity index (χ4n) is 2.87. The summed E-state index contributed by atoms with van der Waals surface area (Å²) < 4.78 is 0. The Hall–Kier alpha value is -0.610. The van der Waals surface area contributed by atoms with Crippen molar-refractivity contribution >= 4 is 29.0 Å². The summed E-state index contributed by atoms with van der Waals surface area (Å²) in [4.78, 5) is 17.1. The molecule has 1 heterocycles. The molecule has 0 bridgehead atoms. The molecule has 21 heavy (non-hydrogen) atoms. The number of ketones is 1. The Bertz CT molecular complexity index is 511. The first kappa shape index (κ1) is 16.8. The molecule has 0 aromatic heterocycles. The third-order valence-electron chi connectivity index (χ3n) is 4.35. The first-order chi connectivity index (χ1) is 9.90. The number of benzene rings is 1. The van der Waals surface area contributed by atoms with Crippen molar-refractivity contribution in [1.29, 1.82) is 0 Å². The van der Waals surface area contributed by atoms with Crippen molar-refractivity contribution in [3.63, 3.8) is 0 Å². The largest absolute Gasteiger partial charge is 0.306 e. The second-order valence-corrected chi connectivity index (χ2v) is 6.74. The minimum Gasteiger partial charge on any atom is -0.306 e. The maximum absolute atomic E-state index is 12.6. The van der Waals surface area contributed by atoms with E-state index in [1.807, 2.05) is 6.92 Å². The van der Waals surface area contributed by atoms with Crippen LogP contribution in [0.2, 0.25) is 10.0 Å². The van der Waals surface area contributed by atoms with Gasteiger partial charge in [-0.2, -0.15) is 0 Å². The van der Waals surface area contributed by atoms with Gasteiger partial charge in [-0.25, -0.2) is 0 Å². The zero-order valence-electron chi connectivity index (χ0n) is 12.8. The molecule has 1 aromatic carbocycles. The summed E-state index contributed by atoms with van der Waals surface area (Å²) >= 11 is 12.0. The minimum atomic E-state index is -0.146. The molecular formula is C16H22Cl2N2O. The van der Waals surface area contributed by atoms with E-state index in [1.165, 1.54) is 0 Å². The van der Waals surface area contributed by atoms with Gasteiger partial charge in [0.2, 0.25) is 0 Å². The number of carbonyl (C=O) groups is 1. The number of halogens is 2. The molecule has 0 N–H and O–H groups in total.